The first-order valence-electron chi connectivity index (χ1n) is 6.21. The van der Waals surface area contributed by atoms with E-state index >= 15 is 0 Å². The number of carboxylic acids is 1. The molecule has 0 bridgehead atoms. The van der Waals surface area contributed by atoms with Crippen LogP contribution in [0.5, 0.6) is 0 Å². The van der Waals surface area contributed by atoms with Gasteiger partial charge in [0, 0.05) is 12.8 Å². The molecule has 6 nitrogen and oxygen atoms in total. The predicted octanol–water partition coefficient (Wildman–Crippen LogP) is 1.23. The molecule has 2 N–H and O–H groups in total. The number of hydrogen-bond donors (Lipinski definition) is 2. The largest absolute Gasteiger partial charge is 0.481 e. The molecule has 1 aromatic carbocycles. The third kappa shape index (κ3) is 3.10. The number of rotatable bonds is 7. The van der Waals surface area contributed by atoms with E-state index in [1.165, 1.54) is 7.11 Å². The molecule has 0 aliphatic heterocycles. The molecule has 0 radical (unpaired) electrons. The Hall–Kier alpha value is -1.60. The quantitative estimate of drug-likeness (QED) is 0.790. The molecule has 0 heterocycles. The molecule has 1 aliphatic carbocycles. The van der Waals surface area contributed by atoms with Gasteiger partial charge in [-0.2, -0.15) is 0 Å². The van der Waals surface area contributed by atoms with Crippen molar-refractivity contribution in [2.24, 2.45) is 0 Å². The normalized spacial score (nSPS) is 16.6. The Balaban J connectivity index is 2.08. The number of methoxy groups -OCH3 is 1. The first-order chi connectivity index (χ1) is 9.38. The maximum Gasteiger partial charge on any atom is 0.307 e. The van der Waals surface area contributed by atoms with Crippen LogP contribution in [0.15, 0.2) is 24.3 Å². The summed E-state index contributed by atoms with van der Waals surface area (Å²) in [7, 11) is -2.01. The summed E-state index contributed by atoms with van der Waals surface area (Å²) in [5, 5.41) is 8.67. The Morgan fingerprint density at radius 1 is 1.35 bits per heavy atom. The van der Waals surface area contributed by atoms with E-state index in [1.54, 1.807) is 24.3 Å². The number of anilines is 1. The lowest BCUT2D eigenvalue weighted by Gasteiger charge is -2.17. The average Bonchev–Trinajstić information content (AvgIpc) is 3.13. The lowest BCUT2D eigenvalue weighted by molar-refractivity contribution is -0.136. The molecule has 20 heavy (non-hydrogen) atoms. The molecule has 1 saturated carbocycles. The number of hydrogen-bond acceptors (Lipinski definition) is 4. The molecular formula is C13H17NO5S. The Bertz CT molecular complexity index is 590. The van der Waals surface area contributed by atoms with E-state index in [0.717, 1.165) is 0 Å². The summed E-state index contributed by atoms with van der Waals surface area (Å²) in [5.41, 5.74) is 1.06. The van der Waals surface area contributed by atoms with Gasteiger partial charge in [0.25, 0.3) is 0 Å². The van der Waals surface area contributed by atoms with E-state index in [9.17, 15) is 13.2 Å². The number of nitrogens with one attached hydrogen (secondary N) is 1. The van der Waals surface area contributed by atoms with Crippen molar-refractivity contribution < 1.29 is 23.1 Å². The van der Waals surface area contributed by atoms with Gasteiger partial charge in [0.2, 0.25) is 10.0 Å². The van der Waals surface area contributed by atoms with E-state index in [0.29, 0.717) is 24.1 Å². The summed E-state index contributed by atoms with van der Waals surface area (Å²) in [6.07, 6.45) is 1.10. The lowest BCUT2D eigenvalue weighted by Crippen LogP contribution is -2.33. The van der Waals surface area contributed by atoms with Crippen molar-refractivity contribution in [3.63, 3.8) is 0 Å². The van der Waals surface area contributed by atoms with Crippen molar-refractivity contribution in [1.82, 2.24) is 0 Å². The molecule has 1 aromatic rings. The van der Waals surface area contributed by atoms with E-state index in [-0.39, 0.29) is 13.0 Å². The highest BCUT2D eigenvalue weighted by Crippen LogP contribution is 2.44. The summed E-state index contributed by atoms with van der Waals surface area (Å²) in [4.78, 5) is 10.6. The van der Waals surface area contributed by atoms with Crippen molar-refractivity contribution in [3.05, 3.63) is 29.8 Å². The monoisotopic (exact) mass is 299 g/mol. The molecule has 7 heteroatoms. The Kier molecular flexibility index (Phi) is 4.01. The Morgan fingerprint density at radius 2 is 1.95 bits per heavy atom. The zero-order valence-corrected chi connectivity index (χ0v) is 11.9. The fourth-order valence-corrected chi connectivity index (χ4v) is 3.60. The molecule has 0 amide bonds. The molecule has 0 spiro atoms. The van der Waals surface area contributed by atoms with E-state index < -0.39 is 20.7 Å². The van der Waals surface area contributed by atoms with Crippen LogP contribution in [0.1, 0.15) is 18.4 Å². The summed E-state index contributed by atoms with van der Waals surface area (Å²) in [5.74, 6) is -0.921. The summed E-state index contributed by atoms with van der Waals surface area (Å²) >= 11 is 0. The molecule has 1 fully saturated rings. The van der Waals surface area contributed by atoms with E-state index in [1.807, 2.05) is 0 Å². The van der Waals surface area contributed by atoms with Crippen molar-refractivity contribution >= 4 is 21.7 Å². The summed E-state index contributed by atoms with van der Waals surface area (Å²) in [6.45, 7) is 0.180. The number of sulfonamides is 1. The lowest BCUT2D eigenvalue weighted by atomic mass is 10.1. The van der Waals surface area contributed by atoms with Crippen LogP contribution in [0.25, 0.3) is 0 Å². The third-order valence-corrected chi connectivity index (χ3v) is 5.52. The van der Waals surface area contributed by atoms with Crippen LogP contribution < -0.4 is 4.72 Å². The fourth-order valence-electron chi connectivity index (χ4n) is 2.02. The highest BCUT2D eigenvalue weighted by atomic mass is 32.2. The maximum absolute atomic E-state index is 12.3. The highest BCUT2D eigenvalue weighted by molar-refractivity contribution is 7.94. The number of ether oxygens (including phenoxy) is 1. The number of aliphatic carboxylic acids is 1. The van der Waals surface area contributed by atoms with Crippen LogP contribution in [-0.4, -0.2) is 38.0 Å². The second-order valence-corrected chi connectivity index (χ2v) is 7.07. The van der Waals surface area contributed by atoms with Gasteiger partial charge in [-0.25, -0.2) is 8.42 Å². The SMILES string of the molecule is COCC1(S(=O)(=O)Nc2ccc(CC(=O)O)cc2)CC1. The zero-order chi connectivity index (χ0) is 14.8. The number of carboxylic acid groups (broad SMARTS) is 1. The van der Waals surface area contributed by atoms with Gasteiger partial charge < -0.3 is 9.84 Å². The van der Waals surface area contributed by atoms with Crippen LogP contribution in [0.2, 0.25) is 0 Å². The summed E-state index contributed by atoms with van der Waals surface area (Å²) in [6, 6.07) is 6.33. The van der Waals surface area contributed by atoms with Crippen molar-refractivity contribution in [2.45, 2.75) is 24.0 Å². The minimum Gasteiger partial charge on any atom is -0.481 e. The molecule has 0 aromatic heterocycles. The molecule has 110 valence electrons. The van der Waals surface area contributed by atoms with Gasteiger partial charge in [-0.15, -0.1) is 0 Å². The number of benzene rings is 1. The van der Waals surface area contributed by atoms with Gasteiger partial charge in [0.1, 0.15) is 4.75 Å². The molecular weight excluding hydrogens is 282 g/mol. The Morgan fingerprint density at radius 3 is 2.40 bits per heavy atom. The van der Waals surface area contributed by atoms with Crippen LogP contribution in [-0.2, 0) is 26.0 Å². The molecule has 1 aliphatic rings. The highest BCUT2D eigenvalue weighted by Gasteiger charge is 2.54. The van der Waals surface area contributed by atoms with Gasteiger partial charge in [0.05, 0.1) is 13.0 Å². The third-order valence-electron chi connectivity index (χ3n) is 3.35. The molecule has 0 saturated heterocycles. The van der Waals surface area contributed by atoms with Crippen LogP contribution >= 0.6 is 0 Å². The van der Waals surface area contributed by atoms with Gasteiger partial charge in [-0.3, -0.25) is 9.52 Å². The van der Waals surface area contributed by atoms with Crippen molar-refractivity contribution in [1.29, 1.82) is 0 Å². The predicted molar refractivity (Wildman–Crippen MR) is 74.2 cm³/mol. The fraction of sp³-hybridized carbons (Fsp3) is 0.462. The van der Waals surface area contributed by atoms with E-state index in [2.05, 4.69) is 4.72 Å². The molecule has 0 unspecified atom stereocenters. The van der Waals surface area contributed by atoms with Gasteiger partial charge in [-0.05, 0) is 30.5 Å². The minimum absolute atomic E-state index is 0.0827. The van der Waals surface area contributed by atoms with E-state index in [4.69, 9.17) is 9.84 Å². The topological polar surface area (TPSA) is 92.7 Å². The van der Waals surface area contributed by atoms with Gasteiger partial charge in [-0.1, -0.05) is 12.1 Å². The van der Waals surface area contributed by atoms with Crippen molar-refractivity contribution in [3.8, 4) is 0 Å². The smallest absolute Gasteiger partial charge is 0.307 e. The molecule has 0 atom stereocenters. The van der Waals surface area contributed by atoms with Crippen molar-refractivity contribution in [2.75, 3.05) is 18.4 Å². The first-order valence-corrected chi connectivity index (χ1v) is 7.69. The van der Waals surface area contributed by atoms with Crippen LogP contribution in [0, 0.1) is 0 Å². The number of carbonyl (C=O) groups is 1. The van der Waals surface area contributed by atoms with Gasteiger partial charge in [0.15, 0.2) is 0 Å². The zero-order valence-electron chi connectivity index (χ0n) is 11.1. The van der Waals surface area contributed by atoms with Crippen LogP contribution in [0.3, 0.4) is 0 Å². The van der Waals surface area contributed by atoms with Gasteiger partial charge >= 0.3 is 5.97 Å². The van der Waals surface area contributed by atoms with Crippen LogP contribution in [0.4, 0.5) is 5.69 Å². The summed E-state index contributed by atoms with van der Waals surface area (Å²) < 4.78 is 31.2. The minimum atomic E-state index is -3.49. The second kappa shape index (κ2) is 5.41. The second-order valence-electron chi connectivity index (χ2n) is 4.99. The maximum atomic E-state index is 12.3. The standard InChI is InChI=1S/C13H17NO5S/c1-19-9-13(6-7-13)20(17,18)14-11-4-2-10(3-5-11)8-12(15)16/h2-5,14H,6-9H2,1H3,(H,15,16). The average molecular weight is 299 g/mol. The Labute approximate surface area is 117 Å². The first kappa shape index (κ1) is 14.8. The molecule has 2 rings (SSSR count).